The Morgan fingerprint density at radius 2 is 2.11 bits per heavy atom. The van der Waals surface area contributed by atoms with Gasteiger partial charge in [0.15, 0.2) is 0 Å². The van der Waals surface area contributed by atoms with Crippen molar-refractivity contribution in [2.24, 2.45) is 5.92 Å². The highest BCUT2D eigenvalue weighted by Crippen LogP contribution is 2.31. The molecule has 1 aliphatic carbocycles. The van der Waals surface area contributed by atoms with E-state index in [0.29, 0.717) is 4.47 Å². The summed E-state index contributed by atoms with van der Waals surface area (Å²) in [6, 6.07) is 4.41. The van der Waals surface area contributed by atoms with E-state index in [1.165, 1.54) is 12.1 Å². The Labute approximate surface area is 113 Å². The number of nitrogens with one attached hydrogen (secondary N) is 1. The number of sulfonamides is 1. The quantitative estimate of drug-likeness (QED) is 0.865. The number of hydrogen-bond donors (Lipinski definition) is 2. The van der Waals surface area contributed by atoms with E-state index in [9.17, 15) is 13.2 Å². The number of rotatable bonds is 5. The number of carboxylic acid groups (broad SMARTS) is 1. The molecule has 5 nitrogen and oxygen atoms in total. The van der Waals surface area contributed by atoms with Gasteiger partial charge in [0.1, 0.15) is 0 Å². The number of carboxylic acids is 1. The van der Waals surface area contributed by atoms with Crippen LogP contribution in [0.3, 0.4) is 0 Å². The minimum atomic E-state index is -3.47. The minimum absolute atomic E-state index is 0.0577. The van der Waals surface area contributed by atoms with Gasteiger partial charge in [-0.2, -0.15) is 0 Å². The van der Waals surface area contributed by atoms with Crippen molar-refractivity contribution in [2.45, 2.75) is 12.8 Å². The molecular formula is C11H12BrNO4S. The first-order valence-corrected chi connectivity index (χ1v) is 7.85. The Morgan fingerprint density at radius 3 is 2.67 bits per heavy atom. The number of hydrogen-bond acceptors (Lipinski definition) is 3. The molecule has 0 heterocycles. The molecule has 7 heteroatoms. The Hall–Kier alpha value is -1.08. The molecule has 1 fully saturated rings. The summed E-state index contributed by atoms with van der Waals surface area (Å²) in [7, 11) is -3.47. The Balaban J connectivity index is 2.25. The number of benzene rings is 1. The van der Waals surface area contributed by atoms with Gasteiger partial charge < -0.3 is 5.11 Å². The molecule has 0 amide bonds. The van der Waals surface area contributed by atoms with Crippen molar-refractivity contribution in [1.82, 2.24) is 0 Å². The van der Waals surface area contributed by atoms with Crippen molar-refractivity contribution in [3.8, 4) is 0 Å². The van der Waals surface area contributed by atoms with Crippen LogP contribution in [-0.2, 0) is 10.0 Å². The van der Waals surface area contributed by atoms with Crippen molar-refractivity contribution >= 4 is 37.6 Å². The second-order valence-corrected chi connectivity index (χ2v) is 7.00. The lowest BCUT2D eigenvalue weighted by Gasteiger charge is -2.10. The normalized spacial score (nSPS) is 15.4. The molecule has 0 unspecified atom stereocenters. The van der Waals surface area contributed by atoms with Crippen LogP contribution in [0, 0.1) is 5.92 Å². The summed E-state index contributed by atoms with van der Waals surface area (Å²) < 4.78 is 26.5. The van der Waals surface area contributed by atoms with E-state index in [4.69, 9.17) is 5.11 Å². The van der Waals surface area contributed by atoms with Crippen LogP contribution in [-0.4, -0.2) is 25.2 Å². The van der Waals surface area contributed by atoms with Crippen LogP contribution in [0.1, 0.15) is 23.2 Å². The van der Waals surface area contributed by atoms with E-state index in [0.717, 1.165) is 12.8 Å². The van der Waals surface area contributed by atoms with E-state index < -0.39 is 16.0 Å². The van der Waals surface area contributed by atoms with Crippen molar-refractivity contribution in [3.05, 3.63) is 28.2 Å². The molecule has 18 heavy (non-hydrogen) atoms. The first kappa shape index (κ1) is 13.4. The van der Waals surface area contributed by atoms with E-state index in [2.05, 4.69) is 20.7 Å². The fraction of sp³-hybridized carbons (Fsp3) is 0.364. The third-order valence-corrected chi connectivity index (χ3v) is 4.56. The van der Waals surface area contributed by atoms with Gasteiger partial charge >= 0.3 is 5.97 Å². The van der Waals surface area contributed by atoms with Gasteiger partial charge in [0.05, 0.1) is 17.0 Å². The largest absolute Gasteiger partial charge is 0.478 e. The summed E-state index contributed by atoms with van der Waals surface area (Å²) in [5.74, 6) is -0.895. The maximum Gasteiger partial charge on any atom is 0.337 e. The fourth-order valence-electron chi connectivity index (χ4n) is 1.59. The minimum Gasteiger partial charge on any atom is -0.478 e. The van der Waals surface area contributed by atoms with Gasteiger partial charge in [-0.05, 0) is 37.0 Å². The highest BCUT2D eigenvalue weighted by atomic mass is 79.9. The standard InChI is InChI=1S/C11H12BrNO4S/c12-8-3-4-10(9(5-8)11(14)15)13-18(16,17)6-7-1-2-7/h3-5,7,13H,1-2,6H2,(H,14,15). The highest BCUT2D eigenvalue weighted by molar-refractivity contribution is 9.10. The number of anilines is 1. The number of carbonyl (C=O) groups is 1. The molecule has 2 N–H and O–H groups in total. The van der Waals surface area contributed by atoms with E-state index in [1.807, 2.05) is 0 Å². The van der Waals surface area contributed by atoms with Gasteiger partial charge in [-0.1, -0.05) is 15.9 Å². The second-order valence-electron chi connectivity index (χ2n) is 4.32. The van der Waals surface area contributed by atoms with Gasteiger partial charge in [0, 0.05) is 4.47 Å². The van der Waals surface area contributed by atoms with Crippen LogP contribution in [0.25, 0.3) is 0 Å². The number of halogens is 1. The molecular weight excluding hydrogens is 322 g/mol. The van der Waals surface area contributed by atoms with Gasteiger partial charge in [0.25, 0.3) is 0 Å². The zero-order chi connectivity index (χ0) is 13.3. The summed E-state index contributed by atoms with van der Waals surface area (Å²) in [5.41, 5.74) is 0.0371. The molecule has 2 rings (SSSR count). The predicted molar refractivity (Wildman–Crippen MR) is 71.2 cm³/mol. The maximum absolute atomic E-state index is 11.8. The van der Waals surface area contributed by atoms with Crippen LogP contribution < -0.4 is 4.72 Å². The fourth-order valence-corrected chi connectivity index (χ4v) is 3.50. The van der Waals surface area contributed by atoms with E-state index in [-0.39, 0.29) is 22.9 Å². The molecule has 0 atom stereocenters. The lowest BCUT2D eigenvalue weighted by atomic mass is 10.2. The molecule has 0 saturated heterocycles. The van der Waals surface area contributed by atoms with Crippen molar-refractivity contribution in [2.75, 3.05) is 10.5 Å². The van der Waals surface area contributed by atoms with Crippen LogP contribution in [0.5, 0.6) is 0 Å². The van der Waals surface area contributed by atoms with Crippen LogP contribution >= 0.6 is 15.9 Å². The van der Waals surface area contributed by atoms with Crippen molar-refractivity contribution < 1.29 is 18.3 Å². The summed E-state index contributed by atoms with van der Waals surface area (Å²) in [6.45, 7) is 0. The molecule has 0 aliphatic heterocycles. The molecule has 1 aliphatic rings. The topological polar surface area (TPSA) is 83.5 Å². The highest BCUT2D eigenvalue weighted by Gasteiger charge is 2.28. The number of aromatic carboxylic acids is 1. The van der Waals surface area contributed by atoms with Gasteiger partial charge in [0.2, 0.25) is 10.0 Å². The molecule has 1 saturated carbocycles. The van der Waals surface area contributed by atoms with E-state index >= 15 is 0 Å². The summed E-state index contributed by atoms with van der Waals surface area (Å²) in [5, 5.41) is 9.03. The zero-order valence-corrected chi connectivity index (χ0v) is 11.8. The van der Waals surface area contributed by atoms with Crippen molar-refractivity contribution in [3.63, 3.8) is 0 Å². The Morgan fingerprint density at radius 1 is 1.44 bits per heavy atom. The summed E-state index contributed by atoms with van der Waals surface area (Å²) in [4.78, 5) is 11.0. The van der Waals surface area contributed by atoms with Gasteiger partial charge in [-0.25, -0.2) is 13.2 Å². The summed E-state index contributed by atoms with van der Waals surface area (Å²) >= 11 is 3.15. The Kier molecular flexibility index (Phi) is 3.63. The van der Waals surface area contributed by atoms with Crippen LogP contribution in [0.2, 0.25) is 0 Å². The first-order valence-electron chi connectivity index (χ1n) is 5.41. The third-order valence-electron chi connectivity index (χ3n) is 2.63. The lowest BCUT2D eigenvalue weighted by molar-refractivity contribution is 0.0698. The molecule has 1 aromatic rings. The van der Waals surface area contributed by atoms with E-state index in [1.54, 1.807) is 6.07 Å². The Bertz CT molecular complexity index is 581. The van der Waals surface area contributed by atoms with Gasteiger partial charge in [-0.3, -0.25) is 4.72 Å². The van der Waals surface area contributed by atoms with Crippen molar-refractivity contribution in [1.29, 1.82) is 0 Å². The average molecular weight is 334 g/mol. The third kappa shape index (κ3) is 3.46. The SMILES string of the molecule is O=C(O)c1cc(Br)ccc1NS(=O)(=O)CC1CC1. The van der Waals surface area contributed by atoms with Gasteiger partial charge in [-0.15, -0.1) is 0 Å². The molecule has 1 aromatic carbocycles. The first-order chi connectivity index (χ1) is 8.37. The molecule has 0 spiro atoms. The summed E-state index contributed by atoms with van der Waals surface area (Å²) in [6.07, 6.45) is 1.85. The second kappa shape index (κ2) is 4.89. The molecule has 0 bridgehead atoms. The zero-order valence-electron chi connectivity index (χ0n) is 9.39. The average Bonchev–Trinajstić information content (AvgIpc) is 3.03. The molecule has 98 valence electrons. The molecule has 0 aromatic heterocycles. The monoisotopic (exact) mass is 333 g/mol. The van der Waals surface area contributed by atoms with Crippen LogP contribution in [0.4, 0.5) is 5.69 Å². The smallest absolute Gasteiger partial charge is 0.337 e. The lowest BCUT2D eigenvalue weighted by Crippen LogP contribution is -2.19. The van der Waals surface area contributed by atoms with Crippen LogP contribution in [0.15, 0.2) is 22.7 Å². The molecule has 0 radical (unpaired) electrons. The predicted octanol–water partition coefficient (Wildman–Crippen LogP) is 2.30. The maximum atomic E-state index is 11.8.